The molecule has 5 aliphatic carbocycles. The molecule has 44 heavy (non-hydrogen) atoms. The van der Waals surface area contributed by atoms with E-state index in [1.165, 1.54) is 24.1 Å². The zero-order valence-corrected chi connectivity index (χ0v) is 28.5. The fraction of sp³-hybridized carbons (Fsp3) is 0.692. The lowest BCUT2D eigenvalue weighted by Crippen LogP contribution is -2.65. The summed E-state index contributed by atoms with van der Waals surface area (Å²) < 4.78 is 6.24. The van der Waals surface area contributed by atoms with Gasteiger partial charge in [-0.25, -0.2) is 0 Å². The van der Waals surface area contributed by atoms with Crippen molar-refractivity contribution < 1.29 is 9.53 Å². The molecule has 1 heterocycles. The summed E-state index contributed by atoms with van der Waals surface area (Å²) in [7, 11) is 0. The molecule has 1 unspecified atom stereocenters. The van der Waals surface area contributed by atoms with Crippen molar-refractivity contribution in [1.29, 1.82) is 0 Å². The van der Waals surface area contributed by atoms with Gasteiger partial charge >= 0.3 is 5.97 Å². The summed E-state index contributed by atoms with van der Waals surface area (Å²) in [5.74, 6) is 2.11. The monoisotopic (exact) mass is 597 g/mol. The number of anilines is 1. The highest BCUT2D eigenvalue weighted by Crippen LogP contribution is 2.76. The molecule has 0 saturated heterocycles. The molecular weight excluding hydrogens is 542 g/mol. The van der Waals surface area contributed by atoms with Crippen molar-refractivity contribution in [3.8, 4) is 0 Å². The van der Waals surface area contributed by atoms with Crippen LogP contribution < -0.4 is 5.73 Å². The molecule has 0 spiro atoms. The van der Waals surface area contributed by atoms with Crippen LogP contribution in [0.1, 0.15) is 124 Å². The standard InChI is InChI=1S/C39H55N3O2/c1-24-20-29-36(6)21-26-31(41-42-32(26)40)35(4,5)28(36)14-15-37(29,7)38(8)17-19-39(18-16-34(2,3)22-27(39)30(24)38)33(43)44-23-25-12-10-9-11-13-25/h9-13,27-29H,14-23H2,1-8H3,(H3,40,41,42)/t27-,28-,29?,36-,37+,38+,39-/m0/s1. The zero-order valence-electron chi connectivity index (χ0n) is 28.5. The van der Waals surface area contributed by atoms with E-state index < -0.39 is 5.41 Å². The van der Waals surface area contributed by atoms with Crippen molar-refractivity contribution in [3.63, 3.8) is 0 Å². The lowest BCUT2D eigenvalue weighted by molar-refractivity contribution is -0.183. The van der Waals surface area contributed by atoms with Gasteiger partial charge < -0.3 is 10.5 Å². The van der Waals surface area contributed by atoms with Crippen LogP contribution in [0.15, 0.2) is 41.5 Å². The molecule has 5 nitrogen and oxygen atoms in total. The van der Waals surface area contributed by atoms with Crippen LogP contribution in [0.25, 0.3) is 0 Å². The number of ether oxygens (including phenoxy) is 1. The number of aromatic amines is 1. The molecule has 1 aromatic heterocycles. The number of nitrogen functional groups attached to an aromatic ring is 1. The van der Waals surface area contributed by atoms with Crippen LogP contribution in [0.2, 0.25) is 0 Å². The summed E-state index contributed by atoms with van der Waals surface area (Å²) in [6.45, 7) is 20.3. The minimum absolute atomic E-state index is 0.00467. The number of benzene rings is 1. The zero-order chi connectivity index (χ0) is 31.5. The van der Waals surface area contributed by atoms with Gasteiger partial charge in [-0.05, 0) is 110 Å². The summed E-state index contributed by atoms with van der Waals surface area (Å²) >= 11 is 0. The second-order valence-electron chi connectivity index (χ2n) is 17.8. The third-order valence-electron chi connectivity index (χ3n) is 14.8. The highest BCUT2D eigenvalue weighted by atomic mass is 16.5. The first-order valence-corrected chi connectivity index (χ1v) is 17.3. The lowest BCUT2D eigenvalue weighted by Gasteiger charge is -2.71. The van der Waals surface area contributed by atoms with E-state index in [1.54, 1.807) is 11.1 Å². The Bertz CT molecular complexity index is 1520. The maximum absolute atomic E-state index is 14.4. The number of hydrogen-bond acceptors (Lipinski definition) is 4. The molecule has 0 aliphatic heterocycles. The van der Waals surface area contributed by atoms with Gasteiger partial charge in [0.1, 0.15) is 12.4 Å². The van der Waals surface area contributed by atoms with E-state index in [0.29, 0.717) is 24.3 Å². The Morgan fingerprint density at radius 2 is 1.68 bits per heavy atom. The Balaban J connectivity index is 1.30. The quantitative estimate of drug-likeness (QED) is 0.273. The largest absolute Gasteiger partial charge is 0.460 e. The number of aromatic nitrogens is 2. The molecule has 238 valence electrons. The van der Waals surface area contributed by atoms with Gasteiger partial charge in [0.2, 0.25) is 0 Å². The van der Waals surface area contributed by atoms with Crippen LogP contribution in [0.4, 0.5) is 5.82 Å². The molecule has 0 radical (unpaired) electrons. The third-order valence-corrected chi connectivity index (χ3v) is 14.8. The molecule has 3 N–H and O–H groups in total. The van der Waals surface area contributed by atoms with Gasteiger partial charge in [0.25, 0.3) is 0 Å². The minimum atomic E-state index is -0.419. The molecule has 0 bridgehead atoms. The van der Waals surface area contributed by atoms with E-state index in [4.69, 9.17) is 10.5 Å². The minimum Gasteiger partial charge on any atom is -0.460 e. The number of carbonyl (C=O) groups excluding carboxylic acids is 1. The maximum Gasteiger partial charge on any atom is 0.313 e. The lowest BCUT2D eigenvalue weighted by atomic mass is 9.33. The third kappa shape index (κ3) is 3.89. The summed E-state index contributed by atoms with van der Waals surface area (Å²) in [6.07, 6.45) is 9.64. The molecule has 7 rings (SSSR count). The van der Waals surface area contributed by atoms with Gasteiger partial charge in [0, 0.05) is 16.7 Å². The highest BCUT2D eigenvalue weighted by Gasteiger charge is 2.70. The number of allylic oxidation sites excluding steroid dienone is 2. The molecule has 5 aliphatic rings. The number of fused-ring (bicyclic) bond motifs is 8. The average molecular weight is 598 g/mol. The first kappa shape index (κ1) is 30.1. The second kappa shape index (κ2) is 9.48. The molecular formula is C39H55N3O2. The first-order chi connectivity index (χ1) is 20.6. The number of nitrogens with zero attached hydrogens (tertiary/aromatic N) is 1. The Hall–Kier alpha value is -2.56. The molecule has 5 heteroatoms. The van der Waals surface area contributed by atoms with Crippen LogP contribution in [-0.4, -0.2) is 16.2 Å². The number of esters is 1. The Morgan fingerprint density at radius 1 is 0.977 bits per heavy atom. The molecule has 3 saturated carbocycles. The number of nitrogens with two attached hydrogens (primary N) is 1. The van der Waals surface area contributed by atoms with Crippen LogP contribution in [0, 0.1) is 44.8 Å². The van der Waals surface area contributed by atoms with Crippen LogP contribution in [0.5, 0.6) is 0 Å². The topological polar surface area (TPSA) is 81.0 Å². The van der Waals surface area contributed by atoms with E-state index in [-0.39, 0.29) is 39.0 Å². The van der Waals surface area contributed by atoms with Gasteiger partial charge in [0.15, 0.2) is 0 Å². The predicted molar refractivity (Wildman–Crippen MR) is 177 cm³/mol. The maximum atomic E-state index is 14.4. The fourth-order valence-corrected chi connectivity index (χ4v) is 12.4. The van der Waals surface area contributed by atoms with Gasteiger partial charge in [-0.2, -0.15) is 5.10 Å². The van der Waals surface area contributed by atoms with Crippen LogP contribution in [-0.2, 0) is 28.0 Å². The van der Waals surface area contributed by atoms with Crippen molar-refractivity contribution in [3.05, 3.63) is 58.3 Å². The average Bonchev–Trinajstić information content (AvgIpc) is 3.33. The Labute approximate surface area is 265 Å². The van der Waals surface area contributed by atoms with E-state index in [1.807, 2.05) is 18.2 Å². The predicted octanol–water partition coefficient (Wildman–Crippen LogP) is 8.94. The van der Waals surface area contributed by atoms with Gasteiger partial charge in [0.05, 0.1) is 5.41 Å². The summed E-state index contributed by atoms with van der Waals surface area (Å²) in [5.41, 5.74) is 13.4. The first-order valence-electron chi connectivity index (χ1n) is 17.3. The van der Waals surface area contributed by atoms with Crippen LogP contribution >= 0.6 is 0 Å². The Morgan fingerprint density at radius 3 is 2.41 bits per heavy atom. The van der Waals surface area contributed by atoms with Gasteiger partial charge in [-0.15, -0.1) is 0 Å². The van der Waals surface area contributed by atoms with Gasteiger partial charge in [-0.1, -0.05) is 89.9 Å². The normalized spacial score (nSPS) is 40.1. The van der Waals surface area contributed by atoms with Crippen LogP contribution in [0.3, 0.4) is 0 Å². The second-order valence-corrected chi connectivity index (χ2v) is 17.8. The number of carbonyl (C=O) groups is 1. The fourth-order valence-electron chi connectivity index (χ4n) is 12.4. The Kier molecular flexibility index (Phi) is 6.49. The van der Waals surface area contributed by atoms with Crippen molar-refractivity contribution in [1.82, 2.24) is 10.2 Å². The van der Waals surface area contributed by atoms with Crippen molar-refractivity contribution in [2.75, 3.05) is 5.73 Å². The summed E-state index contributed by atoms with van der Waals surface area (Å²) in [6, 6.07) is 10.2. The van der Waals surface area contributed by atoms with E-state index >= 15 is 0 Å². The van der Waals surface area contributed by atoms with Crippen molar-refractivity contribution >= 4 is 11.8 Å². The molecule has 1 aromatic carbocycles. The number of nitrogens with one attached hydrogen (secondary N) is 1. The molecule has 0 amide bonds. The number of hydrogen-bond donors (Lipinski definition) is 2. The van der Waals surface area contributed by atoms with Crippen molar-refractivity contribution in [2.45, 2.75) is 125 Å². The van der Waals surface area contributed by atoms with Crippen molar-refractivity contribution in [2.24, 2.45) is 44.8 Å². The summed E-state index contributed by atoms with van der Waals surface area (Å²) in [5, 5.41) is 7.87. The number of rotatable bonds is 3. The molecule has 7 atom stereocenters. The highest BCUT2D eigenvalue weighted by molar-refractivity contribution is 5.79. The van der Waals surface area contributed by atoms with E-state index in [0.717, 1.165) is 50.5 Å². The number of H-pyrrole nitrogens is 1. The van der Waals surface area contributed by atoms with Gasteiger partial charge in [-0.3, -0.25) is 9.89 Å². The molecule has 2 aromatic rings. The summed E-state index contributed by atoms with van der Waals surface area (Å²) in [4.78, 5) is 14.4. The molecule has 3 fully saturated rings. The SMILES string of the molecule is CC1=C2[C@@H]3CC(C)(C)CC[C@]3(C(=O)OCc3ccccc3)CC[C@@]2(C)[C@]2(C)CC[C@H]3C(C)(C)c4[nH]nc(N)c4C[C@]3(C)C2C1. The smallest absolute Gasteiger partial charge is 0.313 e. The van der Waals surface area contributed by atoms with E-state index in [9.17, 15) is 4.79 Å². The van der Waals surface area contributed by atoms with E-state index in [2.05, 4.69) is 77.7 Å².